The molecule has 4 fully saturated rings. The lowest BCUT2D eigenvalue weighted by Crippen LogP contribution is -2.36. The maximum Gasteiger partial charge on any atom is 0.158 e. The van der Waals surface area contributed by atoms with Crippen molar-refractivity contribution in [1.29, 1.82) is 0 Å². The number of hydrogen-bond acceptors (Lipinski definition) is 5. The van der Waals surface area contributed by atoms with Gasteiger partial charge in [0.2, 0.25) is 0 Å². The monoisotopic (exact) mass is 486 g/mol. The van der Waals surface area contributed by atoms with Gasteiger partial charge in [0.05, 0.1) is 18.8 Å². The summed E-state index contributed by atoms with van der Waals surface area (Å²) < 4.78 is 25.1. The Morgan fingerprint density at radius 3 is 2.49 bits per heavy atom. The standard InChI is InChI=1S/C30H46O5/c1-4-5-15-30(2,3)27(35-29-11-7-9-18-33-29)13-12-24-25-20-22(14-16-31)19-23(25)21-26(24)34-28-10-6-8-17-32-28/h12-14,23-29,31H,6-11,15-21H2,1-3H3/b13-12+,22-14+/t23-,24+,25-,26+,27+,28?,29?/m0/s1. The van der Waals surface area contributed by atoms with Gasteiger partial charge in [-0.1, -0.05) is 37.6 Å². The smallest absolute Gasteiger partial charge is 0.158 e. The number of aliphatic hydroxyl groups excluding tert-OH is 1. The van der Waals surface area contributed by atoms with Gasteiger partial charge in [-0.15, -0.1) is 11.8 Å². The molecule has 2 aliphatic heterocycles. The zero-order chi connectivity index (χ0) is 24.7. The molecule has 0 radical (unpaired) electrons. The van der Waals surface area contributed by atoms with Crippen LogP contribution >= 0.6 is 0 Å². The van der Waals surface area contributed by atoms with Crippen LogP contribution in [0.3, 0.4) is 0 Å². The first kappa shape index (κ1) is 26.9. The molecule has 196 valence electrons. The van der Waals surface area contributed by atoms with Crippen molar-refractivity contribution >= 4 is 0 Å². The van der Waals surface area contributed by atoms with Gasteiger partial charge < -0.3 is 24.1 Å². The van der Waals surface area contributed by atoms with Crippen LogP contribution in [0, 0.1) is 35.0 Å². The average molecular weight is 487 g/mol. The van der Waals surface area contributed by atoms with Crippen molar-refractivity contribution in [3.8, 4) is 11.8 Å². The van der Waals surface area contributed by atoms with Gasteiger partial charge in [0.1, 0.15) is 0 Å². The fourth-order valence-electron chi connectivity index (χ4n) is 6.32. The Kier molecular flexibility index (Phi) is 9.90. The molecule has 0 aromatic rings. The van der Waals surface area contributed by atoms with E-state index in [-0.39, 0.29) is 36.8 Å². The van der Waals surface area contributed by atoms with E-state index in [1.165, 1.54) is 12.0 Å². The number of allylic oxidation sites excluding steroid dienone is 1. The Labute approximate surface area is 212 Å². The van der Waals surface area contributed by atoms with Crippen molar-refractivity contribution in [3.63, 3.8) is 0 Å². The minimum Gasteiger partial charge on any atom is -0.392 e. The van der Waals surface area contributed by atoms with E-state index in [0.717, 1.165) is 71.0 Å². The summed E-state index contributed by atoms with van der Waals surface area (Å²) in [6.45, 7) is 8.10. The molecule has 2 heterocycles. The van der Waals surface area contributed by atoms with E-state index >= 15 is 0 Å². The Hall–Kier alpha value is -1.16. The van der Waals surface area contributed by atoms with E-state index in [2.05, 4.69) is 37.8 Å². The number of hydrogen-bond donors (Lipinski definition) is 1. The van der Waals surface area contributed by atoms with Gasteiger partial charge in [-0.2, -0.15) is 0 Å². The van der Waals surface area contributed by atoms with Crippen LogP contribution in [0.5, 0.6) is 0 Å². The molecule has 0 aromatic heterocycles. The summed E-state index contributed by atoms with van der Waals surface area (Å²) in [6.07, 6.45) is 17.0. The zero-order valence-electron chi connectivity index (χ0n) is 22.0. The van der Waals surface area contributed by atoms with Crippen LogP contribution in [0.25, 0.3) is 0 Å². The van der Waals surface area contributed by atoms with E-state index in [0.29, 0.717) is 17.8 Å². The molecule has 4 aliphatic rings. The van der Waals surface area contributed by atoms with Crippen molar-refractivity contribution in [3.05, 3.63) is 23.8 Å². The topological polar surface area (TPSA) is 57.2 Å². The molecule has 2 saturated carbocycles. The molecule has 0 amide bonds. The lowest BCUT2D eigenvalue weighted by Gasteiger charge is -2.35. The Morgan fingerprint density at radius 2 is 1.83 bits per heavy atom. The van der Waals surface area contributed by atoms with Gasteiger partial charge in [0.25, 0.3) is 0 Å². The first-order chi connectivity index (χ1) is 17.0. The molecule has 5 heteroatoms. The molecule has 7 atom stereocenters. The molecule has 0 bridgehead atoms. The fraction of sp³-hybridized carbons (Fsp3) is 0.800. The minimum atomic E-state index is -0.142. The van der Waals surface area contributed by atoms with Crippen LogP contribution in [0.1, 0.15) is 85.0 Å². The molecule has 0 spiro atoms. The average Bonchev–Trinajstić information content (AvgIpc) is 3.39. The molecule has 4 rings (SSSR count). The maximum atomic E-state index is 9.45. The third-order valence-corrected chi connectivity index (χ3v) is 8.37. The van der Waals surface area contributed by atoms with E-state index in [9.17, 15) is 5.11 Å². The molecule has 2 aliphatic carbocycles. The van der Waals surface area contributed by atoms with Crippen LogP contribution in [0.4, 0.5) is 0 Å². The van der Waals surface area contributed by atoms with E-state index in [1.54, 1.807) is 0 Å². The highest BCUT2D eigenvalue weighted by Crippen LogP contribution is 2.52. The van der Waals surface area contributed by atoms with Crippen LogP contribution in [-0.4, -0.2) is 49.7 Å². The fourth-order valence-corrected chi connectivity index (χ4v) is 6.32. The summed E-state index contributed by atoms with van der Waals surface area (Å²) in [6, 6.07) is 0. The largest absolute Gasteiger partial charge is 0.392 e. The molecule has 1 N–H and O–H groups in total. The maximum absolute atomic E-state index is 9.45. The third kappa shape index (κ3) is 7.21. The molecule has 5 nitrogen and oxygen atoms in total. The van der Waals surface area contributed by atoms with Crippen LogP contribution in [-0.2, 0) is 18.9 Å². The quantitative estimate of drug-likeness (QED) is 0.331. The second-order valence-electron chi connectivity index (χ2n) is 11.5. The minimum absolute atomic E-state index is 0.0742. The summed E-state index contributed by atoms with van der Waals surface area (Å²) in [5.41, 5.74) is 1.27. The second kappa shape index (κ2) is 12.9. The van der Waals surface area contributed by atoms with Gasteiger partial charge in [-0.3, -0.25) is 0 Å². The van der Waals surface area contributed by atoms with Crippen molar-refractivity contribution in [2.24, 2.45) is 23.2 Å². The summed E-state index contributed by atoms with van der Waals surface area (Å²) in [5, 5.41) is 9.45. The van der Waals surface area contributed by atoms with Crippen molar-refractivity contribution < 1.29 is 24.1 Å². The second-order valence-corrected chi connectivity index (χ2v) is 11.5. The van der Waals surface area contributed by atoms with Gasteiger partial charge in [0, 0.05) is 31.0 Å². The predicted molar refractivity (Wildman–Crippen MR) is 137 cm³/mol. The Morgan fingerprint density at radius 1 is 1.09 bits per heavy atom. The molecule has 2 saturated heterocycles. The first-order valence-electron chi connectivity index (χ1n) is 13.9. The van der Waals surface area contributed by atoms with Crippen molar-refractivity contribution in [2.45, 2.75) is 110 Å². The lowest BCUT2D eigenvalue weighted by atomic mass is 9.81. The van der Waals surface area contributed by atoms with E-state index in [4.69, 9.17) is 18.9 Å². The van der Waals surface area contributed by atoms with Gasteiger partial charge in [-0.25, -0.2) is 0 Å². The molecule has 2 unspecified atom stereocenters. The third-order valence-electron chi connectivity index (χ3n) is 8.37. The number of ether oxygens (including phenoxy) is 4. The Balaban J connectivity index is 1.53. The van der Waals surface area contributed by atoms with Gasteiger partial charge in [-0.05, 0) is 76.5 Å². The summed E-state index contributed by atoms with van der Waals surface area (Å²) >= 11 is 0. The number of fused-ring (bicyclic) bond motifs is 1. The molecular weight excluding hydrogens is 440 g/mol. The first-order valence-corrected chi connectivity index (χ1v) is 13.9. The van der Waals surface area contributed by atoms with E-state index < -0.39 is 0 Å². The van der Waals surface area contributed by atoms with Crippen molar-refractivity contribution in [1.82, 2.24) is 0 Å². The molecular formula is C30H46O5. The summed E-state index contributed by atoms with van der Waals surface area (Å²) in [4.78, 5) is 0. The summed E-state index contributed by atoms with van der Waals surface area (Å²) in [5.74, 6) is 7.81. The van der Waals surface area contributed by atoms with Crippen LogP contribution < -0.4 is 0 Å². The Bertz CT molecular complexity index is 778. The number of rotatable bonds is 9. The zero-order valence-corrected chi connectivity index (χ0v) is 22.0. The van der Waals surface area contributed by atoms with Crippen LogP contribution in [0.2, 0.25) is 0 Å². The van der Waals surface area contributed by atoms with Crippen molar-refractivity contribution in [2.75, 3.05) is 19.8 Å². The highest BCUT2D eigenvalue weighted by atomic mass is 16.7. The SMILES string of the molecule is CC#CCC(C)(C)[C@@H](/C=C/[C@@H]1[C@H]2C/C(=C/CO)C[C@H]2C[C@H]1OC1CCCCO1)OC1CCCCO1. The van der Waals surface area contributed by atoms with Gasteiger partial charge in [0.15, 0.2) is 12.6 Å². The lowest BCUT2D eigenvalue weighted by molar-refractivity contribution is -0.197. The van der Waals surface area contributed by atoms with Gasteiger partial charge >= 0.3 is 0 Å². The molecule has 0 aromatic carbocycles. The van der Waals surface area contributed by atoms with E-state index in [1.807, 2.05) is 13.0 Å². The highest BCUT2D eigenvalue weighted by Gasteiger charge is 2.47. The predicted octanol–water partition coefficient (Wildman–Crippen LogP) is 5.77. The summed E-state index contributed by atoms with van der Waals surface area (Å²) in [7, 11) is 0. The molecule has 35 heavy (non-hydrogen) atoms. The highest BCUT2D eigenvalue weighted by molar-refractivity contribution is 5.19. The number of aliphatic hydroxyl groups is 1. The normalized spacial score (nSPS) is 35.7. The van der Waals surface area contributed by atoms with Crippen LogP contribution in [0.15, 0.2) is 23.8 Å².